The van der Waals surface area contributed by atoms with E-state index in [1.54, 1.807) is 11.3 Å². The second-order valence-corrected chi connectivity index (χ2v) is 4.63. The number of aliphatic hydroxyl groups excluding tert-OH is 1. The van der Waals surface area contributed by atoms with Crippen LogP contribution in [0.5, 0.6) is 0 Å². The van der Waals surface area contributed by atoms with Gasteiger partial charge in [-0.3, -0.25) is 0 Å². The molecule has 16 heavy (non-hydrogen) atoms. The van der Waals surface area contributed by atoms with Gasteiger partial charge in [0.2, 0.25) is 0 Å². The van der Waals surface area contributed by atoms with Gasteiger partial charge in [0.1, 0.15) is 0 Å². The maximum absolute atomic E-state index is 8.57. The van der Waals surface area contributed by atoms with Crippen LogP contribution in [0.1, 0.15) is 30.7 Å². The van der Waals surface area contributed by atoms with Crippen LogP contribution in [0, 0.1) is 0 Å². The first-order chi connectivity index (χ1) is 7.88. The molecule has 0 radical (unpaired) electrons. The molecule has 0 saturated heterocycles. The first-order valence-corrected chi connectivity index (χ1v) is 6.71. The molecule has 1 unspecified atom stereocenters. The highest BCUT2D eigenvalue weighted by Crippen LogP contribution is 2.22. The Balaban J connectivity index is 2.24. The number of thiophene rings is 1. The van der Waals surface area contributed by atoms with Gasteiger partial charge in [-0.1, -0.05) is 19.4 Å². The summed E-state index contributed by atoms with van der Waals surface area (Å²) >= 11 is 1.80. The first kappa shape index (κ1) is 13.6. The van der Waals surface area contributed by atoms with E-state index in [2.05, 4.69) is 29.8 Å². The molecule has 1 aromatic heterocycles. The molecule has 2 N–H and O–H groups in total. The van der Waals surface area contributed by atoms with Crippen molar-refractivity contribution in [1.82, 2.24) is 5.32 Å². The SMILES string of the molecule is CCCC(NCCOCCO)c1cccs1. The summed E-state index contributed by atoms with van der Waals surface area (Å²) in [5.74, 6) is 0. The van der Waals surface area contributed by atoms with Gasteiger partial charge >= 0.3 is 0 Å². The molecular weight excluding hydrogens is 222 g/mol. The van der Waals surface area contributed by atoms with Crippen LogP contribution in [-0.4, -0.2) is 31.5 Å². The maximum atomic E-state index is 8.57. The molecule has 0 spiro atoms. The number of aliphatic hydroxyl groups is 1. The Labute approximate surface area is 101 Å². The maximum Gasteiger partial charge on any atom is 0.0698 e. The molecule has 3 nitrogen and oxygen atoms in total. The van der Waals surface area contributed by atoms with E-state index >= 15 is 0 Å². The molecule has 1 atom stereocenters. The van der Waals surface area contributed by atoms with Crippen LogP contribution >= 0.6 is 11.3 Å². The van der Waals surface area contributed by atoms with Gasteiger partial charge < -0.3 is 15.2 Å². The lowest BCUT2D eigenvalue weighted by molar-refractivity contribution is 0.0924. The van der Waals surface area contributed by atoms with E-state index in [1.807, 2.05) is 0 Å². The Morgan fingerprint density at radius 1 is 1.50 bits per heavy atom. The van der Waals surface area contributed by atoms with Crippen LogP contribution in [0.4, 0.5) is 0 Å². The standard InChI is InChI=1S/C12H21NO2S/c1-2-4-11(12-5-3-10-16-12)13-6-8-15-9-7-14/h3,5,10-11,13-14H,2,4,6-9H2,1H3. The molecule has 0 aliphatic carbocycles. The van der Waals surface area contributed by atoms with Crippen molar-refractivity contribution in [2.24, 2.45) is 0 Å². The van der Waals surface area contributed by atoms with Crippen molar-refractivity contribution in [2.45, 2.75) is 25.8 Å². The minimum absolute atomic E-state index is 0.101. The molecule has 4 heteroatoms. The molecule has 1 rings (SSSR count). The largest absolute Gasteiger partial charge is 0.394 e. The molecule has 0 bridgehead atoms. The summed E-state index contributed by atoms with van der Waals surface area (Å²) in [6, 6.07) is 4.71. The second kappa shape index (κ2) is 8.70. The fourth-order valence-corrected chi connectivity index (χ4v) is 2.43. The monoisotopic (exact) mass is 243 g/mol. The van der Waals surface area contributed by atoms with Crippen molar-refractivity contribution in [3.63, 3.8) is 0 Å². The van der Waals surface area contributed by atoms with E-state index in [1.165, 1.54) is 11.3 Å². The number of rotatable bonds is 9. The average Bonchev–Trinajstić information content (AvgIpc) is 2.81. The van der Waals surface area contributed by atoms with Gasteiger partial charge in [0.05, 0.1) is 19.8 Å². The predicted molar refractivity (Wildman–Crippen MR) is 67.9 cm³/mol. The summed E-state index contributed by atoms with van der Waals surface area (Å²) in [4.78, 5) is 1.39. The van der Waals surface area contributed by atoms with Crippen molar-refractivity contribution in [2.75, 3.05) is 26.4 Å². The minimum atomic E-state index is 0.101. The molecule has 1 heterocycles. The highest BCUT2D eigenvalue weighted by Gasteiger charge is 2.09. The van der Waals surface area contributed by atoms with E-state index in [9.17, 15) is 0 Å². The smallest absolute Gasteiger partial charge is 0.0698 e. The zero-order chi connectivity index (χ0) is 11.6. The van der Waals surface area contributed by atoms with Crippen LogP contribution in [0.25, 0.3) is 0 Å². The summed E-state index contributed by atoms with van der Waals surface area (Å²) in [5.41, 5.74) is 0. The normalized spacial score (nSPS) is 12.9. The molecule has 0 fully saturated rings. The third-order valence-corrected chi connectivity index (χ3v) is 3.32. The van der Waals surface area contributed by atoms with Gasteiger partial charge in [0.25, 0.3) is 0 Å². The number of ether oxygens (including phenoxy) is 1. The molecular formula is C12H21NO2S. The average molecular weight is 243 g/mol. The van der Waals surface area contributed by atoms with Gasteiger partial charge in [-0.2, -0.15) is 0 Å². The van der Waals surface area contributed by atoms with E-state index < -0.39 is 0 Å². The highest BCUT2D eigenvalue weighted by molar-refractivity contribution is 7.10. The van der Waals surface area contributed by atoms with E-state index in [4.69, 9.17) is 9.84 Å². The Morgan fingerprint density at radius 3 is 3.00 bits per heavy atom. The van der Waals surface area contributed by atoms with Gasteiger partial charge in [-0.15, -0.1) is 11.3 Å². The van der Waals surface area contributed by atoms with Crippen LogP contribution in [-0.2, 0) is 4.74 Å². The molecule has 1 aromatic rings. The zero-order valence-electron chi connectivity index (χ0n) is 9.82. The summed E-state index contributed by atoms with van der Waals surface area (Å²) in [6.07, 6.45) is 2.33. The van der Waals surface area contributed by atoms with Crippen LogP contribution in [0.3, 0.4) is 0 Å². The van der Waals surface area contributed by atoms with Crippen molar-refractivity contribution in [3.05, 3.63) is 22.4 Å². The summed E-state index contributed by atoms with van der Waals surface area (Å²) in [5, 5.41) is 14.2. The number of nitrogens with one attached hydrogen (secondary N) is 1. The Hall–Kier alpha value is -0.420. The van der Waals surface area contributed by atoms with Crippen molar-refractivity contribution < 1.29 is 9.84 Å². The lowest BCUT2D eigenvalue weighted by Gasteiger charge is -2.16. The summed E-state index contributed by atoms with van der Waals surface area (Å²) < 4.78 is 5.22. The fraction of sp³-hybridized carbons (Fsp3) is 0.667. The molecule has 0 saturated carbocycles. The van der Waals surface area contributed by atoms with Gasteiger partial charge in [0.15, 0.2) is 0 Å². The molecule has 0 aliphatic rings. The molecule has 92 valence electrons. The zero-order valence-corrected chi connectivity index (χ0v) is 10.6. The topological polar surface area (TPSA) is 41.5 Å². The van der Waals surface area contributed by atoms with Gasteiger partial charge in [-0.05, 0) is 17.9 Å². The Kier molecular flexibility index (Phi) is 7.42. The third kappa shape index (κ3) is 5.07. The molecule has 0 aromatic carbocycles. The van der Waals surface area contributed by atoms with Gasteiger partial charge in [0, 0.05) is 17.5 Å². The lowest BCUT2D eigenvalue weighted by Crippen LogP contribution is -2.25. The number of hydrogen-bond donors (Lipinski definition) is 2. The predicted octanol–water partition coefficient (Wildman–Crippen LogP) is 2.19. The third-order valence-electron chi connectivity index (χ3n) is 2.34. The summed E-state index contributed by atoms with van der Waals surface area (Å²) in [7, 11) is 0. The van der Waals surface area contributed by atoms with E-state index in [0.717, 1.165) is 13.0 Å². The number of hydrogen-bond acceptors (Lipinski definition) is 4. The Bertz CT molecular complexity index is 252. The van der Waals surface area contributed by atoms with Crippen molar-refractivity contribution >= 4 is 11.3 Å². The first-order valence-electron chi connectivity index (χ1n) is 5.84. The molecule has 0 amide bonds. The van der Waals surface area contributed by atoms with Gasteiger partial charge in [-0.25, -0.2) is 0 Å². The summed E-state index contributed by atoms with van der Waals surface area (Å²) in [6.45, 7) is 4.22. The van der Waals surface area contributed by atoms with E-state index in [-0.39, 0.29) is 6.61 Å². The lowest BCUT2D eigenvalue weighted by atomic mass is 10.1. The minimum Gasteiger partial charge on any atom is -0.394 e. The fourth-order valence-electron chi connectivity index (χ4n) is 1.60. The van der Waals surface area contributed by atoms with E-state index in [0.29, 0.717) is 19.3 Å². The van der Waals surface area contributed by atoms with Crippen molar-refractivity contribution in [1.29, 1.82) is 0 Å². The highest BCUT2D eigenvalue weighted by atomic mass is 32.1. The van der Waals surface area contributed by atoms with Crippen LogP contribution < -0.4 is 5.32 Å². The van der Waals surface area contributed by atoms with Crippen molar-refractivity contribution in [3.8, 4) is 0 Å². The van der Waals surface area contributed by atoms with Crippen LogP contribution in [0.2, 0.25) is 0 Å². The second-order valence-electron chi connectivity index (χ2n) is 3.65. The molecule has 0 aliphatic heterocycles. The van der Waals surface area contributed by atoms with Crippen LogP contribution in [0.15, 0.2) is 17.5 Å². The quantitative estimate of drug-likeness (QED) is 0.653. The Morgan fingerprint density at radius 2 is 2.38 bits per heavy atom.